The topological polar surface area (TPSA) is 0 Å². The fourth-order valence-corrected chi connectivity index (χ4v) is 1.16. The van der Waals surface area contributed by atoms with Gasteiger partial charge in [0.05, 0.1) is 0 Å². The maximum Gasteiger partial charge on any atom is 0.0343 e. The first-order chi connectivity index (χ1) is 6.38. The summed E-state index contributed by atoms with van der Waals surface area (Å²) in [5, 5.41) is 0. The standard InChI is InChI=1S/C13H12/c1-3-8-12(9-4-2)13-10-6-5-7-11-13/h1,4-7,9-11H,2,8H2/b12-9+. The van der Waals surface area contributed by atoms with Crippen molar-refractivity contribution in [2.24, 2.45) is 0 Å². The Hall–Kier alpha value is -1.74. The maximum atomic E-state index is 5.27. The van der Waals surface area contributed by atoms with E-state index in [1.54, 1.807) is 6.08 Å². The van der Waals surface area contributed by atoms with Gasteiger partial charge in [0.2, 0.25) is 0 Å². The van der Waals surface area contributed by atoms with E-state index >= 15 is 0 Å². The van der Waals surface area contributed by atoms with E-state index in [9.17, 15) is 0 Å². The van der Waals surface area contributed by atoms with Crippen LogP contribution >= 0.6 is 0 Å². The zero-order valence-corrected chi connectivity index (χ0v) is 7.53. The van der Waals surface area contributed by atoms with Crippen molar-refractivity contribution in [1.29, 1.82) is 0 Å². The van der Waals surface area contributed by atoms with E-state index in [1.807, 2.05) is 36.4 Å². The number of hydrogen-bond acceptors (Lipinski definition) is 0. The molecule has 0 bridgehead atoms. The second-order valence-corrected chi connectivity index (χ2v) is 2.67. The molecule has 0 radical (unpaired) electrons. The molecule has 0 amide bonds. The van der Waals surface area contributed by atoms with Gasteiger partial charge < -0.3 is 0 Å². The molecule has 1 aromatic carbocycles. The molecule has 0 aromatic heterocycles. The van der Waals surface area contributed by atoms with Crippen LogP contribution < -0.4 is 0 Å². The number of hydrogen-bond donors (Lipinski definition) is 0. The minimum atomic E-state index is 0.649. The van der Waals surface area contributed by atoms with Crippen LogP contribution in [0, 0.1) is 12.3 Å². The molecule has 0 aliphatic heterocycles. The van der Waals surface area contributed by atoms with Crippen molar-refractivity contribution >= 4 is 5.57 Å². The number of benzene rings is 1. The Labute approximate surface area is 79.6 Å². The fraction of sp³-hybridized carbons (Fsp3) is 0.0769. The highest BCUT2D eigenvalue weighted by Gasteiger charge is 1.96. The van der Waals surface area contributed by atoms with E-state index < -0.39 is 0 Å². The molecule has 0 unspecified atom stereocenters. The van der Waals surface area contributed by atoms with Crippen LogP contribution in [0.2, 0.25) is 0 Å². The van der Waals surface area contributed by atoms with Crippen LogP contribution in [-0.2, 0) is 0 Å². The van der Waals surface area contributed by atoms with Crippen molar-refractivity contribution in [3.63, 3.8) is 0 Å². The summed E-state index contributed by atoms with van der Waals surface area (Å²) < 4.78 is 0. The van der Waals surface area contributed by atoms with Crippen molar-refractivity contribution in [2.45, 2.75) is 6.42 Å². The average molecular weight is 168 g/mol. The predicted octanol–water partition coefficient (Wildman–Crippen LogP) is 3.28. The molecule has 0 atom stereocenters. The van der Waals surface area contributed by atoms with Crippen molar-refractivity contribution in [2.75, 3.05) is 0 Å². The highest BCUT2D eigenvalue weighted by atomic mass is 14.0. The quantitative estimate of drug-likeness (QED) is 0.480. The third kappa shape index (κ3) is 2.65. The number of rotatable bonds is 3. The van der Waals surface area contributed by atoms with Gasteiger partial charge in [0.1, 0.15) is 0 Å². The van der Waals surface area contributed by atoms with Crippen LogP contribution in [0.1, 0.15) is 12.0 Å². The summed E-state index contributed by atoms with van der Waals surface area (Å²) in [6, 6.07) is 10.1. The smallest absolute Gasteiger partial charge is 0.0343 e. The molecule has 0 heterocycles. The monoisotopic (exact) mass is 168 g/mol. The second kappa shape index (κ2) is 5.00. The second-order valence-electron chi connectivity index (χ2n) is 2.67. The molecule has 0 aliphatic rings. The predicted molar refractivity (Wildman–Crippen MR) is 58.1 cm³/mol. The first-order valence-electron chi connectivity index (χ1n) is 4.19. The third-order valence-corrected chi connectivity index (χ3v) is 1.76. The Kier molecular flexibility index (Phi) is 3.60. The highest BCUT2D eigenvalue weighted by Crippen LogP contribution is 2.16. The van der Waals surface area contributed by atoms with Gasteiger partial charge in [0, 0.05) is 6.42 Å². The van der Waals surface area contributed by atoms with Crippen molar-refractivity contribution < 1.29 is 0 Å². The first kappa shape index (κ1) is 9.35. The van der Waals surface area contributed by atoms with E-state index in [-0.39, 0.29) is 0 Å². The summed E-state index contributed by atoms with van der Waals surface area (Å²) in [7, 11) is 0. The molecule has 0 nitrogen and oxygen atoms in total. The Balaban J connectivity index is 2.97. The molecule has 1 aromatic rings. The molecular formula is C13H12. The van der Waals surface area contributed by atoms with Gasteiger partial charge in [-0.25, -0.2) is 0 Å². The fourth-order valence-electron chi connectivity index (χ4n) is 1.16. The van der Waals surface area contributed by atoms with E-state index in [4.69, 9.17) is 6.42 Å². The van der Waals surface area contributed by atoms with Crippen LogP contribution in [0.25, 0.3) is 5.57 Å². The average Bonchev–Trinajstić information content (AvgIpc) is 2.19. The summed E-state index contributed by atoms with van der Waals surface area (Å²) >= 11 is 0. The van der Waals surface area contributed by atoms with Crippen LogP contribution in [-0.4, -0.2) is 0 Å². The van der Waals surface area contributed by atoms with E-state index in [2.05, 4.69) is 12.5 Å². The van der Waals surface area contributed by atoms with Gasteiger partial charge in [0.25, 0.3) is 0 Å². The SMILES string of the molecule is C#CC/C(=C\C=C)c1ccccc1. The molecule has 1 rings (SSSR count). The van der Waals surface area contributed by atoms with E-state index in [0.29, 0.717) is 6.42 Å². The molecule has 13 heavy (non-hydrogen) atoms. The van der Waals surface area contributed by atoms with Gasteiger partial charge in [-0.1, -0.05) is 49.1 Å². The van der Waals surface area contributed by atoms with Gasteiger partial charge in [0.15, 0.2) is 0 Å². The summed E-state index contributed by atoms with van der Waals surface area (Å²) in [5.41, 5.74) is 2.30. The Morgan fingerprint density at radius 3 is 2.62 bits per heavy atom. The lowest BCUT2D eigenvalue weighted by Crippen LogP contribution is -1.81. The van der Waals surface area contributed by atoms with Gasteiger partial charge >= 0.3 is 0 Å². The van der Waals surface area contributed by atoms with Gasteiger partial charge in [-0.3, -0.25) is 0 Å². The molecular weight excluding hydrogens is 156 g/mol. The van der Waals surface area contributed by atoms with Crippen molar-refractivity contribution in [3.05, 3.63) is 54.6 Å². The molecule has 0 aliphatic carbocycles. The normalized spacial score (nSPS) is 10.5. The zero-order valence-electron chi connectivity index (χ0n) is 7.53. The lowest BCUT2D eigenvalue weighted by atomic mass is 10.0. The molecule has 0 N–H and O–H groups in total. The van der Waals surface area contributed by atoms with Crippen LogP contribution in [0.15, 0.2) is 49.1 Å². The summed E-state index contributed by atoms with van der Waals surface area (Å²) in [4.78, 5) is 0. The Morgan fingerprint density at radius 1 is 1.38 bits per heavy atom. The van der Waals surface area contributed by atoms with E-state index in [0.717, 1.165) is 5.57 Å². The summed E-state index contributed by atoms with van der Waals surface area (Å²) in [6.45, 7) is 3.66. The number of allylic oxidation sites excluding steroid dienone is 3. The van der Waals surface area contributed by atoms with Crippen LogP contribution in [0.4, 0.5) is 0 Å². The molecule has 0 saturated carbocycles. The van der Waals surface area contributed by atoms with Gasteiger partial charge in [-0.05, 0) is 11.1 Å². The maximum absolute atomic E-state index is 5.27. The Bertz CT molecular complexity index is 336. The van der Waals surface area contributed by atoms with Gasteiger partial charge in [-0.15, -0.1) is 12.3 Å². The zero-order chi connectivity index (χ0) is 9.52. The summed E-state index contributed by atoms with van der Waals surface area (Å²) in [6.07, 6.45) is 9.64. The largest absolute Gasteiger partial charge is 0.120 e. The summed E-state index contributed by atoms with van der Waals surface area (Å²) in [5.74, 6) is 2.64. The lowest BCUT2D eigenvalue weighted by Gasteiger charge is -2.01. The third-order valence-electron chi connectivity index (χ3n) is 1.76. The van der Waals surface area contributed by atoms with Gasteiger partial charge in [-0.2, -0.15) is 0 Å². The number of terminal acetylenes is 1. The lowest BCUT2D eigenvalue weighted by molar-refractivity contribution is 1.45. The molecule has 0 heteroatoms. The Morgan fingerprint density at radius 2 is 2.08 bits per heavy atom. The van der Waals surface area contributed by atoms with E-state index in [1.165, 1.54) is 5.56 Å². The van der Waals surface area contributed by atoms with Crippen molar-refractivity contribution in [1.82, 2.24) is 0 Å². The van der Waals surface area contributed by atoms with Crippen molar-refractivity contribution in [3.8, 4) is 12.3 Å². The minimum Gasteiger partial charge on any atom is -0.120 e. The highest BCUT2D eigenvalue weighted by molar-refractivity contribution is 5.68. The van der Waals surface area contributed by atoms with Crippen LogP contribution in [0.5, 0.6) is 0 Å². The molecule has 0 spiro atoms. The van der Waals surface area contributed by atoms with Crippen LogP contribution in [0.3, 0.4) is 0 Å². The minimum absolute atomic E-state index is 0.649. The molecule has 0 fully saturated rings. The molecule has 0 saturated heterocycles. The molecule has 64 valence electrons. The first-order valence-corrected chi connectivity index (χ1v) is 4.19.